The van der Waals surface area contributed by atoms with E-state index >= 15 is 0 Å². The highest BCUT2D eigenvalue weighted by atomic mass is 16.5. The summed E-state index contributed by atoms with van der Waals surface area (Å²) < 4.78 is 9.58. The number of amides is 1. The van der Waals surface area contributed by atoms with Crippen molar-refractivity contribution in [2.75, 3.05) is 12.4 Å². The maximum absolute atomic E-state index is 11.4. The lowest BCUT2D eigenvalue weighted by atomic mass is 10.3. The van der Waals surface area contributed by atoms with E-state index in [9.17, 15) is 9.59 Å². The van der Waals surface area contributed by atoms with Gasteiger partial charge in [-0.15, -0.1) is 0 Å². The highest BCUT2D eigenvalue weighted by Gasteiger charge is 2.15. The number of primary amides is 1. The summed E-state index contributed by atoms with van der Waals surface area (Å²) in [6, 6.07) is 1.43. The summed E-state index contributed by atoms with van der Waals surface area (Å²) in [7, 11) is 1.35. The molecule has 6 heteroatoms. The zero-order valence-electron chi connectivity index (χ0n) is 9.37. The second-order valence-corrected chi connectivity index (χ2v) is 3.51. The SMILES string of the molecule is COc1c(NC(C)C)cc(C(N)=O)oc1=O. The molecule has 16 heavy (non-hydrogen) atoms. The average molecular weight is 226 g/mol. The zero-order valence-corrected chi connectivity index (χ0v) is 9.37. The van der Waals surface area contributed by atoms with Gasteiger partial charge in [0.15, 0.2) is 5.76 Å². The molecule has 88 valence electrons. The van der Waals surface area contributed by atoms with Crippen LogP contribution in [-0.4, -0.2) is 19.1 Å². The van der Waals surface area contributed by atoms with E-state index in [1.54, 1.807) is 0 Å². The minimum absolute atomic E-state index is 0.0266. The smallest absolute Gasteiger partial charge is 0.381 e. The Balaban J connectivity index is 3.31. The molecule has 0 aliphatic carbocycles. The van der Waals surface area contributed by atoms with E-state index in [-0.39, 0.29) is 17.6 Å². The predicted octanol–water partition coefficient (Wildman–Crippen LogP) is 0.568. The Hall–Kier alpha value is -1.98. The first-order valence-corrected chi connectivity index (χ1v) is 4.74. The summed E-state index contributed by atoms with van der Waals surface area (Å²) in [5, 5.41) is 2.97. The minimum Gasteiger partial charge on any atom is -0.488 e. The fourth-order valence-electron chi connectivity index (χ4n) is 1.22. The lowest BCUT2D eigenvalue weighted by molar-refractivity contribution is 0.0968. The predicted molar refractivity (Wildman–Crippen MR) is 58.8 cm³/mol. The molecule has 0 fully saturated rings. The van der Waals surface area contributed by atoms with Crippen molar-refractivity contribution in [2.45, 2.75) is 19.9 Å². The molecule has 1 aromatic heterocycles. The number of hydrogen-bond acceptors (Lipinski definition) is 5. The molecular weight excluding hydrogens is 212 g/mol. The van der Waals surface area contributed by atoms with E-state index in [1.165, 1.54) is 13.2 Å². The largest absolute Gasteiger partial charge is 0.488 e. The van der Waals surface area contributed by atoms with Gasteiger partial charge in [-0.3, -0.25) is 4.79 Å². The van der Waals surface area contributed by atoms with Crippen molar-refractivity contribution in [3.8, 4) is 5.75 Å². The standard InChI is InChI=1S/C10H14N2O4/c1-5(2)12-6-4-7(9(11)13)16-10(14)8(6)15-3/h4-5,12H,1-3H3,(H2,11,13). The van der Waals surface area contributed by atoms with Crippen molar-refractivity contribution in [3.05, 3.63) is 22.2 Å². The van der Waals surface area contributed by atoms with Crippen LogP contribution in [0.1, 0.15) is 24.4 Å². The van der Waals surface area contributed by atoms with Crippen molar-refractivity contribution >= 4 is 11.6 Å². The number of nitrogens with one attached hydrogen (secondary N) is 1. The molecule has 0 saturated heterocycles. The minimum atomic E-state index is -0.799. The number of anilines is 1. The van der Waals surface area contributed by atoms with Crippen molar-refractivity contribution in [1.82, 2.24) is 0 Å². The summed E-state index contributed by atoms with van der Waals surface area (Å²) in [6.07, 6.45) is 0. The number of ether oxygens (including phenoxy) is 1. The Kier molecular flexibility index (Phi) is 3.55. The van der Waals surface area contributed by atoms with Crippen LogP contribution in [0.15, 0.2) is 15.3 Å². The third-order valence-electron chi connectivity index (χ3n) is 1.80. The van der Waals surface area contributed by atoms with Gasteiger partial charge in [0.2, 0.25) is 5.75 Å². The molecule has 0 saturated carbocycles. The Morgan fingerprint density at radius 1 is 1.56 bits per heavy atom. The van der Waals surface area contributed by atoms with Gasteiger partial charge >= 0.3 is 5.63 Å². The van der Waals surface area contributed by atoms with Crippen LogP contribution >= 0.6 is 0 Å². The van der Waals surface area contributed by atoms with Crippen LogP contribution < -0.4 is 21.4 Å². The van der Waals surface area contributed by atoms with Gasteiger partial charge in [-0.1, -0.05) is 0 Å². The molecule has 1 heterocycles. The van der Waals surface area contributed by atoms with E-state index in [4.69, 9.17) is 10.5 Å². The molecule has 6 nitrogen and oxygen atoms in total. The lowest BCUT2D eigenvalue weighted by Crippen LogP contribution is -2.19. The molecule has 0 aliphatic rings. The summed E-state index contributed by atoms with van der Waals surface area (Å²) in [4.78, 5) is 22.4. The fourth-order valence-corrected chi connectivity index (χ4v) is 1.22. The third kappa shape index (κ3) is 2.53. The van der Waals surface area contributed by atoms with Gasteiger partial charge < -0.3 is 20.2 Å². The molecule has 0 bridgehead atoms. The maximum atomic E-state index is 11.4. The first kappa shape index (κ1) is 12.1. The van der Waals surface area contributed by atoms with E-state index in [0.29, 0.717) is 5.69 Å². The Labute approximate surface area is 92.4 Å². The quantitative estimate of drug-likeness (QED) is 0.782. The molecule has 1 amide bonds. The Morgan fingerprint density at radius 3 is 2.62 bits per heavy atom. The molecule has 0 spiro atoms. The number of carbonyl (C=O) groups is 1. The second kappa shape index (κ2) is 4.69. The number of nitrogens with two attached hydrogens (primary N) is 1. The number of rotatable bonds is 4. The molecule has 0 radical (unpaired) electrons. The Bertz CT molecular complexity index is 451. The van der Waals surface area contributed by atoms with Crippen LogP contribution in [0.3, 0.4) is 0 Å². The Morgan fingerprint density at radius 2 is 2.19 bits per heavy atom. The fraction of sp³-hybridized carbons (Fsp3) is 0.400. The number of carbonyl (C=O) groups excluding carboxylic acids is 1. The van der Waals surface area contributed by atoms with Crippen LogP contribution in [0.4, 0.5) is 5.69 Å². The van der Waals surface area contributed by atoms with Gasteiger partial charge in [0.05, 0.1) is 12.8 Å². The number of hydrogen-bond donors (Lipinski definition) is 2. The van der Waals surface area contributed by atoms with Gasteiger partial charge in [0.25, 0.3) is 5.91 Å². The molecule has 0 unspecified atom stereocenters. The first-order valence-electron chi connectivity index (χ1n) is 4.74. The van der Waals surface area contributed by atoms with Crippen molar-refractivity contribution < 1.29 is 13.9 Å². The van der Waals surface area contributed by atoms with Crippen molar-refractivity contribution in [2.24, 2.45) is 5.73 Å². The van der Waals surface area contributed by atoms with E-state index < -0.39 is 11.5 Å². The topological polar surface area (TPSA) is 94.6 Å². The highest BCUT2D eigenvalue weighted by molar-refractivity contribution is 5.91. The first-order chi connectivity index (χ1) is 7.45. The molecule has 1 aromatic rings. The van der Waals surface area contributed by atoms with E-state index in [1.807, 2.05) is 13.8 Å². The molecule has 0 aromatic carbocycles. The van der Waals surface area contributed by atoms with Crippen LogP contribution in [0.25, 0.3) is 0 Å². The van der Waals surface area contributed by atoms with Gasteiger partial charge in [-0.2, -0.15) is 0 Å². The highest BCUT2D eigenvalue weighted by Crippen LogP contribution is 2.21. The summed E-state index contributed by atoms with van der Waals surface area (Å²) in [6.45, 7) is 3.77. The van der Waals surface area contributed by atoms with Gasteiger partial charge in [-0.05, 0) is 13.8 Å². The van der Waals surface area contributed by atoms with Gasteiger partial charge in [0.1, 0.15) is 0 Å². The van der Waals surface area contributed by atoms with Gasteiger partial charge in [-0.25, -0.2) is 4.79 Å². The van der Waals surface area contributed by atoms with Crippen LogP contribution in [0.5, 0.6) is 5.75 Å². The summed E-state index contributed by atoms with van der Waals surface area (Å²) in [5.74, 6) is -0.973. The van der Waals surface area contributed by atoms with Crippen LogP contribution in [-0.2, 0) is 0 Å². The molecular formula is C10H14N2O4. The number of methoxy groups -OCH3 is 1. The van der Waals surface area contributed by atoms with Crippen LogP contribution in [0.2, 0.25) is 0 Å². The molecule has 1 rings (SSSR count). The monoisotopic (exact) mass is 226 g/mol. The maximum Gasteiger partial charge on any atom is 0.381 e. The molecule has 0 aliphatic heterocycles. The van der Waals surface area contributed by atoms with Crippen molar-refractivity contribution in [3.63, 3.8) is 0 Å². The van der Waals surface area contributed by atoms with Gasteiger partial charge in [0, 0.05) is 12.1 Å². The molecule has 0 atom stereocenters. The average Bonchev–Trinajstić information content (AvgIpc) is 2.16. The van der Waals surface area contributed by atoms with E-state index in [2.05, 4.69) is 9.73 Å². The second-order valence-electron chi connectivity index (χ2n) is 3.51. The van der Waals surface area contributed by atoms with E-state index in [0.717, 1.165) is 0 Å². The summed E-state index contributed by atoms with van der Waals surface area (Å²) in [5.41, 5.74) is 4.69. The van der Waals surface area contributed by atoms with Crippen molar-refractivity contribution in [1.29, 1.82) is 0 Å². The summed E-state index contributed by atoms with van der Waals surface area (Å²) >= 11 is 0. The normalized spacial score (nSPS) is 10.2. The zero-order chi connectivity index (χ0) is 12.3. The third-order valence-corrected chi connectivity index (χ3v) is 1.80. The lowest BCUT2D eigenvalue weighted by Gasteiger charge is -2.12. The van der Waals surface area contributed by atoms with Crippen LogP contribution in [0, 0.1) is 0 Å². The molecule has 3 N–H and O–H groups in total.